The topological polar surface area (TPSA) is 77.8 Å². The van der Waals surface area contributed by atoms with E-state index in [2.05, 4.69) is 0 Å². The van der Waals surface area contributed by atoms with Crippen LogP contribution in [-0.4, -0.2) is 69.8 Å². The molecule has 0 saturated carbocycles. The van der Waals surface area contributed by atoms with Crippen molar-refractivity contribution in [2.75, 3.05) is 0 Å². The first-order valence-electron chi connectivity index (χ1n) is 0.783. The van der Waals surface area contributed by atoms with Crippen molar-refractivity contribution in [3.63, 3.8) is 0 Å². The van der Waals surface area contributed by atoms with Crippen LogP contribution in [0.15, 0.2) is 0 Å². The normalized spacial score (nSPS) is 8.43. The maximum Gasteiger partial charge on any atom is 2.00 e. The molecule has 0 bridgehead atoms. The maximum atomic E-state index is 8.88. The van der Waals surface area contributed by atoms with Crippen molar-refractivity contribution in [2.24, 2.45) is 0 Å². The Morgan fingerprint density at radius 1 is 1.29 bits per heavy atom. The van der Waals surface area contributed by atoms with Gasteiger partial charge in [-0.2, -0.15) is 0 Å². The monoisotopic (exact) mass is 170 g/mol. The van der Waals surface area contributed by atoms with E-state index in [0.717, 1.165) is 0 Å². The second kappa shape index (κ2) is 6.03. The van der Waals surface area contributed by atoms with Crippen molar-refractivity contribution >= 4 is 62.9 Å². The number of phosphoric acid groups is 1. The summed E-state index contributed by atoms with van der Waals surface area (Å²) < 4.78 is 8.88. The molecule has 0 aromatic carbocycles. The van der Waals surface area contributed by atoms with Gasteiger partial charge in [0, 0.05) is 0 Å². The SMILES string of the molecule is O=P(O)(O)O.[AlH3].[Ca+2].[H-].[H-]. The van der Waals surface area contributed by atoms with Crippen LogP contribution in [0.25, 0.3) is 0 Å². The molecule has 0 atom stereocenters. The largest absolute Gasteiger partial charge is 2.00 e. The van der Waals surface area contributed by atoms with Crippen LogP contribution < -0.4 is 0 Å². The molecule has 0 aliphatic carbocycles. The van der Waals surface area contributed by atoms with Gasteiger partial charge in [-0.3, -0.25) is 0 Å². The van der Waals surface area contributed by atoms with Crippen LogP contribution in [0.5, 0.6) is 0 Å². The quantitative estimate of drug-likeness (QED) is 0.283. The molecule has 0 spiro atoms. The van der Waals surface area contributed by atoms with Gasteiger partial charge in [0.2, 0.25) is 0 Å². The Balaban J connectivity index is -0.0000000133. The molecule has 0 saturated heterocycles. The Morgan fingerprint density at radius 3 is 1.29 bits per heavy atom. The smallest absolute Gasteiger partial charge is 1.00 e. The van der Waals surface area contributed by atoms with Gasteiger partial charge in [-0.05, 0) is 0 Å². The fraction of sp³-hybridized carbons (Fsp3) is 0. The predicted molar refractivity (Wildman–Crippen MR) is 32.2 cm³/mol. The van der Waals surface area contributed by atoms with Gasteiger partial charge in [0.1, 0.15) is 0 Å². The van der Waals surface area contributed by atoms with E-state index in [4.69, 9.17) is 19.2 Å². The van der Waals surface area contributed by atoms with Gasteiger partial charge in [-0.15, -0.1) is 0 Å². The molecule has 0 heterocycles. The number of hydrogen-bond donors (Lipinski definition) is 3. The minimum absolute atomic E-state index is 0. The van der Waals surface area contributed by atoms with Gasteiger partial charge in [0.05, 0.1) is 0 Å². The second-order valence-corrected chi connectivity index (χ2v) is 1.54. The van der Waals surface area contributed by atoms with Gasteiger partial charge in [-0.1, -0.05) is 0 Å². The van der Waals surface area contributed by atoms with Crippen molar-refractivity contribution in [3.8, 4) is 0 Å². The Morgan fingerprint density at radius 2 is 1.29 bits per heavy atom. The molecule has 4 nitrogen and oxygen atoms in total. The standard InChI is InChI=1S/Al.Ca.H3O4P.5H/c;;1-5(2,3)4;;;;;/h;;(H3,1,2,3,4);;;;;/q;+2;;;;;2*-1. The second-order valence-electron chi connectivity index (χ2n) is 0.513. The molecule has 7 heavy (non-hydrogen) atoms. The van der Waals surface area contributed by atoms with E-state index in [9.17, 15) is 0 Å². The summed E-state index contributed by atoms with van der Waals surface area (Å²) in [7, 11) is -4.64. The summed E-state index contributed by atoms with van der Waals surface area (Å²) in [5.41, 5.74) is 0. The molecular weight excluding hydrogens is 162 g/mol. The molecule has 7 heteroatoms. The fourth-order valence-electron chi connectivity index (χ4n) is 0. The van der Waals surface area contributed by atoms with E-state index >= 15 is 0 Å². The van der Waals surface area contributed by atoms with Crippen LogP contribution in [-0.2, 0) is 4.57 Å². The van der Waals surface area contributed by atoms with Gasteiger partial charge < -0.3 is 17.5 Å². The summed E-state index contributed by atoms with van der Waals surface area (Å²) in [6, 6.07) is 0. The van der Waals surface area contributed by atoms with Crippen molar-refractivity contribution in [3.05, 3.63) is 0 Å². The number of rotatable bonds is 0. The molecule has 0 radical (unpaired) electrons. The average Bonchev–Trinajstić information content (AvgIpc) is 0.722. The Labute approximate surface area is 84.3 Å². The van der Waals surface area contributed by atoms with E-state index in [1.807, 2.05) is 0 Å². The van der Waals surface area contributed by atoms with Crippen LogP contribution in [0.1, 0.15) is 2.85 Å². The molecule has 0 amide bonds. The van der Waals surface area contributed by atoms with E-state index < -0.39 is 7.82 Å². The van der Waals surface area contributed by atoms with Crippen molar-refractivity contribution in [2.45, 2.75) is 0 Å². The van der Waals surface area contributed by atoms with Gasteiger partial charge in [-0.25, -0.2) is 4.57 Å². The first-order chi connectivity index (χ1) is 2.00. The molecule has 0 rings (SSSR count). The molecule has 0 aliphatic heterocycles. The molecule has 3 N–H and O–H groups in total. The molecule has 0 fully saturated rings. The Hall–Kier alpha value is 1.90. The van der Waals surface area contributed by atoms with Crippen LogP contribution in [0.3, 0.4) is 0 Å². The summed E-state index contributed by atoms with van der Waals surface area (Å²) in [5.74, 6) is 0. The third kappa shape index (κ3) is 76.1. The third-order valence-corrected chi connectivity index (χ3v) is 0. The Bertz CT molecular complexity index is 64.7. The van der Waals surface area contributed by atoms with Crippen LogP contribution in [0, 0.1) is 0 Å². The minimum Gasteiger partial charge on any atom is -1.00 e. The van der Waals surface area contributed by atoms with E-state index in [-0.39, 0.29) is 58.0 Å². The molecule has 42 valence electrons. The van der Waals surface area contributed by atoms with E-state index in [1.165, 1.54) is 0 Å². The van der Waals surface area contributed by atoms with Gasteiger partial charge >= 0.3 is 45.6 Å². The van der Waals surface area contributed by atoms with Crippen molar-refractivity contribution in [1.29, 1.82) is 0 Å². The zero-order valence-corrected chi connectivity index (χ0v) is 6.01. The molecule has 0 aromatic heterocycles. The third-order valence-electron chi connectivity index (χ3n) is 0. The molecule has 0 aromatic rings. The number of hydrogen-bond acceptors (Lipinski definition) is 1. The van der Waals surface area contributed by atoms with Crippen molar-refractivity contribution in [1.82, 2.24) is 0 Å². The van der Waals surface area contributed by atoms with Gasteiger partial charge in [0.15, 0.2) is 17.4 Å². The minimum atomic E-state index is -4.64. The van der Waals surface area contributed by atoms with Crippen LogP contribution in [0.4, 0.5) is 0 Å². The summed E-state index contributed by atoms with van der Waals surface area (Å²) in [6.07, 6.45) is 0. The summed E-state index contributed by atoms with van der Waals surface area (Å²) >= 11 is 0. The van der Waals surface area contributed by atoms with Crippen LogP contribution in [0.2, 0.25) is 0 Å². The first kappa shape index (κ1) is 16.0. The summed E-state index contributed by atoms with van der Waals surface area (Å²) in [5, 5.41) is 0. The summed E-state index contributed by atoms with van der Waals surface area (Å²) in [6.45, 7) is 0. The Kier molecular flexibility index (Phi) is 13.7. The fourth-order valence-corrected chi connectivity index (χ4v) is 0. The summed E-state index contributed by atoms with van der Waals surface area (Å²) in [4.78, 5) is 21.6. The predicted octanol–water partition coefficient (Wildman–Crippen LogP) is -2.27. The van der Waals surface area contributed by atoms with E-state index in [1.54, 1.807) is 0 Å². The van der Waals surface area contributed by atoms with Crippen LogP contribution >= 0.6 is 7.82 Å². The maximum absolute atomic E-state index is 8.88. The molecular formula is H8AlCaO4P. The zero-order chi connectivity index (χ0) is 4.50. The average molecular weight is 170 g/mol. The zero-order valence-electron chi connectivity index (χ0n) is 4.90. The molecule has 0 unspecified atom stereocenters. The van der Waals surface area contributed by atoms with Gasteiger partial charge in [0.25, 0.3) is 0 Å². The van der Waals surface area contributed by atoms with Crippen molar-refractivity contribution < 1.29 is 22.1 Å². The first-order valence-corrected chi connectivity index (χ1v) is 2.35. The van der Waals surface area contributed by atoms with E-state index in [0.29, 0.717) is 0 Å². The molecule has 0 aliphatic rings.